The van der Waals surface area contributed by atoms with Gasteiger partial charge in [-0.15, -0.1) is 10.2 Å². The molecule has 158 valence electrons. The van der Waals surface area contributed by atoms with E-state index in [-0.39, 0.29) is 5.78 Å². The van der Waals surface area contributed by atoms with Crippen molar-refractivity contribution in [1.29, 1.82) is 0 Å². The molecule has 0 fully saturated rings. The molecule has 1 N–H and O–H groups in total. The summed E-state index contributed by atoms with van der Waals surface area (Å²) >= 11 is 7.44. The lowest BCUT2D eigenvalue weighted by atomic mass is 10.1. The Bertz CT molecular complexity index is 1110. The van der Waals surface area contributed by atoms with Gasteiger partial charge in [0.25, 0.3) is 0 Å². The van der Waals surface area contributed by atoms with Crippen LogP contribution in [-0.4, -0.2) is 43.9 Å². The third kappa shape index (κ3) is 4.15. The Balaban J connectivity index is 1.87. The summed E-state index contributed by atoms with van der Waals surface area (Å²) < 4.78 is 6.78. The van der Waals surface area contributed by atoms with Crippen LogP contribution in [0.4, 0.5) is 0 Å². The number of hydrogen-bond donors (Lipinski definition) is 1. The molecule has 0 aliphatic heterocycles. The highest BCUT2D eigenvalue weighted by atomic mass is 35.5. The molecule has 0 spiro atoms. The van der Waals surface area contributed by atoms with Crippen LogP contribution in [-0.2, 0) is 11.3 Å². The third-order valence-corrected chi connectivity index (χ3v) is 6.16. The number of carbonyl (C=O) groups is 2. The number of thioether (sulfide) groups is 1. The average molecular weight is 447 g/mol. The minimum atomic E-state index is -0.461. The van der Waals surface area contributed by atoms with Gasteiger partial charge >= 0.3 is 5.97 Å². The normalized spacial score (nSPS) is 12.1. The van der Waals surface area contributed by atoms with E-state index < -0.39 is 11.2 Å². The van der Waals surface area contributed by atoms with E-state index >= 15 is 0 Å². The predicted octanol–water partition coefficient (Wildman–Crippen LogP) is 4.71. The highest BCUT2D eigenvalue weighted by molar-refractivity contribution is 8.00. The van der Waals surface area contributed by atoms with Gasteiger partial charge in [-0.05, 0) is 45.4 Å². The fourth-order valence-corrected chi connectivity index (χ4v) is 4.48. The van der Waals surface area contributed by atoms with E-state index in [9.17, 15) is 9.59 Å². The summed E-state index contributed by atoms with van der Waals surface area (Å²) in [4.78, 5) is 28.1. The number of rotatable bonds is 7. The van der Waals surface area contributed by atoms with E-state index in [4.69, 9.17) is 16.3 Å². The molecule has 0 bridgehead atoms. The SMILES string of the molecule is CCn1c(S[C@H](C)C(=O)c2[nH]c(C)c(C(=O)OC)c2C)nnc1-c1cccc(Cl)c1. The van der Waals surface area contributed by atoms with Crippen LogP contribution in [0.1, 0.15) is 46.0 Å². The van der Waals surface area contributed by atoms with Crippen LogP contribution in [0.2, 0.25) is 5.02 Å². The number of esters is 1. The summed E-state index contributed by atoms with van der Waals surface area (Å²) in [6.45, 7) is 7.94. The van der Waals surface area contributed by atoms with Crippen molar-refractivity contribution >= 4 is 35.1 Å². The maximum atomic E-state index is 13.1. The maximum Gasteiger partial charge on any atom is 0.339 e. The Morgan fingerprint density at radius 3 is 2.67 bits per heavy atom. The summed E-state index contributed by atoms with van der Waals surface area (Å²) in [6.07, 6.45) is 0. The standard InChI is InChI=1S/C21H23ClN4O3S/c1-6-26-19(14-8-7-9-15(22)10-14)24-25-21(26)30-13(4)18(27)17-11(2)16(12(3)23-17)20(28)29-5/h7-10,13,23H,6H2,1-5H3/t13-/m1/s1. The molecule has 2 heterocycles. The zero-order chi connectivity index (χ0) is 22.0. The number of nitrogens with one attached hydrogen (secondary N) is 1. The topological polar surface area (TPSA) is 89.9 Å². The molecule has 0 saturated heterocycles. The molecule has 30 heavy (non-hydrogen) atoms. The van der Waals surface area contributed by atoms with Gasteiger partial charge in [-0.3, -0.25) is 4.79 Å². The van der Waals surface area contributed by atoms with Crippen molar-refractivity contribution in [2.24, 2.45) is 0 Å². The number of aryl methyl sites for hydroxylation is 1. The van der Waals surface area contributed by atoms with Gasteiger partial charge < -0.3 is 14.3 Å². The number of aromatic nitrogens is 4. The molecule has 0 radical (unpaired) electrons. The first-order valence-electron chi connectivity index (χ1n) is 9.45. The Morgan fingerprint density at radius 2 is 2.03 bits per heavy atom. The van der Waals surface area contributed by atoms with Crippen LogP contribution >= 0.6 is 23.4 Å². The molecule has 0 amide bonds. The Labute approximate surface area is 184 Å². The first-order chi connectivity index (χ1) is 14.3. The quantitative estimate of drug-likeness (QED) is 0.321. The molecule has 0 aliphatic carbocycles. The van der Waals surface area contributed by atoms with Gasteiger partial charge in [0.05, 0.1) is 23.6 Å². The molecule has 0 unspecified atom stereocenters. The molecule has 0 aliphatic rings. The van der Waals surface area contributed by atoms with Gasteiger partial charge in [-0.25, -0.2) is 4.79 Å². The highest BCUT2D eigenvalue weighted by Gasteiger charge is 2.27. The second kappa shape index (κ2) is 9.06. The zero-order valence-electron chi connectivity index (χ0n) is 17.4. The summed E-state index contributed by atoms with van der Waals surface area (Å²) in [5.74, 6) is 0.116. The molecule has 7 nitrogen and oxygen atoms in total. The minimum Gasteiger partial charge on any atom is -0.465 e. The number of nitrogens with zero attached hydrogens (tertiary/aromatic N) is 3. The van der Waals surface area contributed by atoms with E-state index in [1.807, 2.05) is 36.6 Å². The zero-order valence-corrected chi connectivity index (χ0v) is 19.0. The van der Waals surface area contributed by atoms with Crippen LogP contribution in [0.25, 0.3) is 11.4 Å². The molecular formula is C21H23ClN4O3S. The van der Waals surface area contributed by atoms with Crippen molar-refractivity contribution in [1.82, 2.24) is 19.7 Å². The van der Waals surface area contributed by atoms with Gasteiger partial charge in [-0.1, -0.05) is 35.5 Å². The predicted molar refractivity (Wildman–Crippen MR) is 117 cm³/mol. The van der Waals surface area contributed by atoms with Crippen LogP contribution in [0.5, 0.6) is 0 Å². The minimum absolute atomic E-state index is 0.120. The van der Waals surface area contributed by atoms with E-state index in [2.05, 4.69) is 15.2 Å². The molecule has 2 aromatic heterocycles. The smallest absolute Gasteiger partial charge is 0.339 e. The lowest BCUT2D eigenvalue weighted by molar-refractivity contribution is 0.0599. The molecule has 3 aromatic rings. The van der Waals surface area contributed by atoms with Gasteiger partial charge in [-0.2, -0.15) is 0 Å². The van der Waals surface area contributed by atoms with E-state index in [0.717, 1.165) is 5.56 Å². The second-order valence-corrected chi connectivity index (χ2v) is 8.55. The Morgan fingerprint density at radius 1 is 1.30 bits per heavy atom. The lowest BCUT2D eigenvalue weighted by Gasteiger charge is -2.12. The molecule has 9 heteroatoms. The fourth-order valence-electron chi connectivity index (χ4n) is 3.32. The number of ketones is 1. The van der Waals surface area contributed by atoms with Crippen LogP contribution in [0, 0.1) is 13.8 Å². The van der Waals surface area contributed by atoms with E-state index in [1.165, 1.54) is 18.9 Å². The van der Waals surface area contributed by atoms with Gasteiger partial charge in [0.2, 0.25) is 0 Å². The van der Waals surface area contributed by atoms with Crippen molar-refractivity contribution in [3.8, 4) is 11.4 Å². The van der Waals surface area contributed by atoms with Crippen LogP contribution < -0.4 is 0 Å². The number of ether oxygens (including phenoxy) is 1. The molecule has 1 atom stereocenters. The summed E-state index contributed by atoms with van der Waals surface area (Å²) in [5.41, 5.74) is 2.87. The van der Waals surface area contributed by atoms with Crippen molar-refractivity contribution in [3.05, 3.63) is 51.8 Å². The van der Waals surface area contributed by atoms with Crippen molar-refractivity contribution in [2.75, 3.05) is 7.11 Å². The van der Waals surface area contributed by atoms with Crippen molar-refractivity contribution in [3.63, 3.8) is 0 Å². The van der Waals surface area contributed by atoms with Gasteiger partial charge in [0, 0.05) is 22.8 Å². The summed E-state index contributed by atoms with van der Waals surface area (Å²) in [5, 5.41) is 9.42. The largest absolute Gasteiger partial charge is 0.465 e. The number of methoxy groups -OCH3 is 1. The van der Waals surface area contributed by atoms with Gasteiger partial charge in [0.15, 0.2) is 16.8 Å². The first kappa shape index (κ1) is 22.1. The summed E-state index contributed by atoms with van der Waals surface area (Å²) in [7, 11) is 1.32. The molecule has 1 aromatic carbocycles. The molecule has 3 rings (SSSR count). The number of aromatic amines is 1. The fraction of sp³-hybridized carbons (Fsp3) is 0.333. The number of carbonyl (C=O) groups excluding carboxylic acids is 2. The average Bonchev–Trinajstić information content (AvgIpc) is 3.26. The summed E-state index contributed by atoms with van der Waals surface area (Å²) in [6, 6.07) is 7.42. The Hall–Kier alpha value is -2.58. The highest BCUT2D eigenvalue weighted by Crippen LogP contribution is 2.30. The number of halogens is 1. The number of Topliss-reactive ketones (excluding diaryl/α,β-unsaturated/α-hetero) is 1. The van der Waals surface area contributed by atoms with Gasteiger partial charge in [0.1, 0.15) is 0 Å². The molecule has 0 saturated carbocycles. The number of benzene rings is 1. The number of hydrogen-bond acceptors (Lipinski definition) is 6. The van der Waals surface area contributed by atoms with E-state index in [1.54, 1.807) is 19.9 Å². The second-order valence-electron chi connectivity index (χ2n) is 6.80. The monoisotopic (exact) mass is 446 g/mol. The van der Waals surface area contributed by atoms with Crippen LogP contribution in [0.15, 0.2) is 29.4 Å². The maximum absolute atomic E-state index is 13.1. The van der Waals surface area contributed by atoms with Crippen LogP contribution in [0.3, 0.4) is 0 Å². The number of H-pyrrole nitrogens is 1. The van der Waals surface area contributed by atoms with Crippen molar-refractivity contribution in [2.45, 2.75) is 44.6 Å². The Kier molecular flexibility index (Phi) is 6.67. The first-order valence-corrected chi connectivity index (χ1v) is 10.7. The lowest BCUT2D eigenvalue weighted by Crippen LogP contribution is -2.16. The molecular weight excluding hydrogens is 424 g/mol. The third-order valence-electron chi connectivity index (χ3n) is 4.84. The van der Waals surface area contributed by atoms with Crippen molar-refractivity contribution < 1.29 is 14.3 Å². The van der Waals surface area contributed by atoms with E-state index in [0.29, 0.717) is 45.1 Å².